The Morgan fingerprint density at radius 3 is 2.28 bits per heavy atom. The van der Waals surface area contributed by atoms with Crippen molar-refractivity contribution in [1.82, 2.24) is 9.55 Å². The molecule has 0 saturated carbocycles. The minimum Gasteiger partial charge on any atom is -0.497 e. The van der Waals surface area contributed by atoms with Gasteiger partial charge >= 0.3 is 12.1 Å². The maximum Gasteiger partial charge on any atom is 0.490 e. The average molecular weight is 477 g/mol. The molecule has 0 aliphatic carbocycles. The second kappa shape index (κ2) is 10.9. The third-order valence-corrected chi connectivity index (χ3v) is 3.83. The van der Waals surface area contributed by atoms with E-state index in [0.717, 1.165) is 0 Å². The van der Waals surface area contributed by atoms with E-state index in [1.807, 2.05) is 0 Å². The maximum absolute atomic E-state index is 11.9. The molecule has 0 bridgehead atoms. The summed E-state index contributed by atoms with van der Waals surface area (Å²) in [4.78, 5) is 38.6. The first-order chi connectivity index (χ1) is 14.8. The lowest BCUT2D eigenvalue weighted by molar-refractivity contribution is -0.192. The highest BCUT2D eigenvalue weighted by Gasteiger charge is 2.38. The molecular weight excluding hydrogens is 459 g/mol. The van der Waals surface area contributed by atoms with Crippen LogP contribution in [0.5, 0.6) is 11.5 Å². The van der Waals surface area contributed by atoms with Crippen molar-refractivity contribution in [3.63, 3.8) is 0 Å². The molecule has 174 valence electrons. The van der Waals surface area contributed by atoms with Gasteiger partial charge in [0.2, 0.25) is 0 Å². The number of rotatable bonds is 5. The maximum atomic E-state index is 11.9. The van der Waals surface area contributed by atoms with E-state index in [1.165, 1.54) is 24.9 Å². The van der Waals surface area contributed by atoms with E-state index in [2.05, 4.69) is 9.98 Å². The summed E-state index contributed by atoms with van der Waals surface area (Å²) in [7, 11) is 3.01. The first-order valence-electron chi connectivity index (χ1n) is 8.29. The summed E-state index contributed by atoms with van der Waals surface area (Å²) in [5, 5.41) is 7.12. The van der Waals surface area contributed by atoms with Crippen molar-refractivity contribution in [2.24, 2.45) is 16.5 Å². The molecule has 0 fully saturated rings. The van der Waals surface area contributed by atoms with Gasteiger partial charge in [-0.05, 0) is 24.4 Å². The molecule has 2 aromatic rings. The number of H-pyrrole nitrogens is 1. The smallest absolute Gasteiger partial charge is 0.490 e. The third kappa shape index (κ3) is 7.42. The van der Waals surface area contributed by atoms with Gasteiger partial charge in [-0.15, -0.1) is 0 Å². The molecule has 15 heteroatoms. The Labute approximate surface area is 183 Å². The van der Waals surface area contributed by atoms with Gasteiger partial charge in [-0.1, -0.05) is 0 Å². The summed E-state index contributed by atoms with van der Waals surface area (Å²) < 4.78 is 43.7. The normalized spacial score (nSPS) is 10.4. The van der Waals surface area contributed by atoms with Crippen LogP contribution in [0.4, 0.5) is 13.2 Å². The molecule has 0 aliphatic rings. The van der Waals surface area contributed by atoms with Crippen LogP contribution in [-0.2, 0) is 16.1 Å². The number of carbonyl (C=O) groups excluding carboxylic acids is 1. The number of hydrogen-bond donors (Lipinski definition) is 4. The zero-order valence-electron chi connectivity index (χ0n) is 16.6. The summed E-state index contributed by atoms with van der Waals surface area (Å²) in [6, 6.07) is 6.36. The molecule has 0 radical (unpaired) electrons. The van der Waals surface area contributed by atoms with Gasteiger partial charge in [-0.3, -0.25) is 14.6 Å². The van der Waals surface area contributed by atoms with Crippen LogP contribution in [0, 0.1) is 4.77 Å². The molecule has 0 atom stereocenters. The number of aromatic nitrogens is 2. The van der Waals surface area contributed by atoms with E-state index in [1.54, 1.807) is 18.2 Å². The number of halogens is 3. The van der Waals surface area contributed by atoms with Crippen molar-refractivity contribution in [3.05, 3.63) is 39.4 Å². The van der Waals surface area contributed by atoms with E-state index in [0.29, 0.717) is 22.8 Å². The molecule has 1 heterocycles. The second-order valence-corrected chi connectivity index (χ2v) is 6.10. The number of nitrogens with two attached hydrogens (primary N) is 2. The number of benzene rings is 1. The van der Waals surface area contributed by atoms with Gasteiger partial charge in [0.05, 0.1) is 19.9 Å². The first kappa shape index (κ1) is 26.2. The minimum absolute atomic E-state index is 0.0551. The van der Waals surface area contributed by atoms with Crippen molar-refractivity contribution in [3.8, 4) is 22.8 Å². The Morgan fingerprint density at radius 1 is 1.22 bits per heavy atom. The number of carbonyl (C=O) groups is 2. The Morgan fingerprint density at radius 2 is 1.81 bits per heavy atom. The number of hydrogen-bond acceptors (Lipinski definition) is 6. The fourth-order valence-electron chi connectivity index (χ4n) is 2.23. The van der Waals surface area contributed by atoms with Gasteiger partial charge in [0.15, 0.2) is 10.7 Å². The molecule has 1 amide bonds. The Bertz CT molecular complexity index is 1140. The van der Waals surface area contributed by atoms with Gasteiger partial charge in [-0.25, -0.2) is 4.79 Å². The number of nitrogens with one attached hydrogen (secondary N) is 1. The number of aromatic amines is 1. The number of carboxylic acid groups (broad SMARTS) is 1. The zero-order chi connectivity index (χ0) is 24.6. The molecule has 11 nitrogen and oxygen atoms in total. The van der Waals surface area contributed by atoms with Gasteiger partial charge in [0, 0.05) is 17.7 Å². The topological polar surface area (TPSA) is 175 Å². The zero-order valence-corrected chi connectivity index (χ0v) is 17.4. The van der Waals surface area contributed by atoms with E-state index >= 15 is 0 Å². The van der Waals surface area contributed by atoms with Gasteiger partial charge in [-0.2, -0.15) is 18.2 Å². The molecular formula is C17H18F3N5O6S. The van der Waals surface area contributed by atoms with Crippen LogP contribution in [0.3, 0.4) is 0 Å². The third-order valence-electron chi connectivity index (χ3n) is 3.51. The van der Waals surface area contributed by atoms with Crippen LogP contribution in [0.25, 0.3) is 11.3 Å². The Hall–Kier alpha value is -3.88. The van der Waals surface area contributed by atoms with E-state index in [-0.39, 0.29) is 17.3 Å². The highest BCUT2D eigenvalue weighted by atomic mass is 32.1. The van der Waals surface area contributed by atoms with Crippen LogP contribution in [0.1, 0.15) is 0 Å². The number of ether oxygens (including phenoxy) is 2. The first-order valence-corrected chi connectivity index (χ1v) is 8.70. The number of methoxy groups -OCH3 is 2. The molecule has 1 aromatic carbocycles. The largest absolute Gasteiger partial charge is 0.497 e. The standard InChI is InChI=1S/C15H17N5O4S.C2HF3O2/c1-23-8-3-4-9(11(5-8)24-2)10-6-12(21)19-15(25)20(10)7-13(22)18-14(16)17;3-2(4,5)1(6)7/h3-6H,7H2,1-2H3,(H,19,21,25)(H4,16,17,18,22);(H,6,7). The summed E-state index contributed by atoms with van der Waals surface area (Å²) >= 11 is 5.17. The number of aliphatic carboxylic acids is 1. The number of carboxylic acids is 1. The fourth-order valence-corrected chi connectivity index (χ4v) is 2.49. The lowest BCUT2D eigenvalue weighted by Crippen LogP contribution is -2.26. The van der Waals surface area contributed by atoms with Crippen molar-refractivity contribution in [2.75, 3.05) is 14.2 Å². The Balaban J connectivity index is 0.000000633. The van der Waals surface area contributed by atoms with E-state index < -0.39 is 23.6 Å². The molecule has 0 saturated heterocycles. The number of guanidine groups is 1. The van der Waals surface area contributed by atoms with Crippen molar-refractivity contribution < 1.29 is 37.3 Å². The summed E-state index contributed by atoms with van der Waals surface area (Å²) in [6.45, 7) is -0.252. The molecule has 2 rings (SSSR count). The minimum atomic E-state index is -5.08. The number of amides is 1. The van der Waals surface area contributed by atoms with Gasteiger partial charge in [0.1, 0.15) is 18.0 Å². The quantitative estimate of drug-likeness (QED) is 0.278. The second-order valence-electron chi connectivity index (χ2n) is 5.71. The molecule has 0 aliphatic heterocycles. The van der Waals surface area contributed by atoms with Crippen LogP contribution in [-0.4, -0.2) is 52.9 Å². The monoisotopic (exact) mass is 477 g/mol. The van der Waals surface area contributed by atoms with Crippen LogP contribution >= 0.6 is 12.2 Å². The molecule has 6 N–H and O–H groups in total. The van der Waals surface area contributed by atoms with E-state index in [4.69, 9.17) is 43.1 Å². The molecule has 32 heavy (non-hydrogen) atoms. The predicted octanol–water partition coefficient (Wildman–Crippen LogP) is 1.02. The molecule has 0 unspecified atom stereocenters. The number of aliphatic imine (C=N–C) groups is 1. The molecule has 1 aromatic heterocycles. The van der Waals surface area contributed by atoms with Gasteiger partial charge < -0.3 is 30.6 Å². The lowest BCUT2D eigenvalue weighted by Gasteiger charge is -2.15. The summed E-state index contributed by atoms with van der Waals surface area (Å²) in [5.41, 5.74) is 11.0. The van der Waals surface area contributed by atoms with Gasteiger partial charge in [0.25, 0.3) is 11.5 Å². The van der Waals surface area contributed by atoms with Crippen molar-refractivity contribution in [2.45, 2.75) is 12.7 Å². The Kier molecular flexibility index (Phi) is 8.94. The van der Waals surface area contributed by atoms with E-state index in [9.17, 15) is 22.8 Å². The lowest BCUT2D eigenvalue weighted by atomic mass is 10.1. The predicted molar refractivity (Wildman–Crippen MR) is 109 cm³/mol. The highest BCUT2D eigenvalue weighted by molar-refractivity contribution is 7.71. The SMILES string of the molecule is COc1ccc(-c2cc(=O)[nH]c(=S)n2CC(=O)N=C(N)N)c(OC)c1.O=C(O)C(F)(F)F. The number of nitrogens with zero attached hydrogens (tertiary/aromatic N) is 2. The van der Waals surface area contributed by atoms with Crippen molar-refractivity contribution in [1.29, 1.82) is 0 Å². The van der Waals surface area contributed by atoms with Crippen LogP contribution in [0.15, 0.2) is 34.1 Å². The van der Waals surface area contributed by atoms with Crippen LogP contribution in [0.2, 0.25) is 0 Å². The fraction of sp³-hybridized carbons (Fsp3) is 0.235. The summed E-state index contributed by atoms with van der Waals surface area (Å²) in [5.74, 6) is -2.71. The molecule has 0 spiro atoms. The van der Waals surface area contributed by atoms with Crippen LogP contribution < -0.4 is 26.5 Å². The van der Waals surface area contributed by atoms with Crippen molar-refractivity contribution >= 4 is 30.1 Å². The average Bonchev–Trinajstić information content (AvgIpc) is 2.68. The summed E-state index contributed by atoms with van der Waals surface area (Å²) in [6.07, 6.45) is -5.08. The highest BCUT2D eigenvalue weighted by Crippen LogP contribution is 2.32. The number of alkyl halides is 3.